The van der Waals surface area contributed by atoms with Crippen molar-refractivity contribution in [1.82, 2.24) is 4.90 Å². The molecular weight excluding hydrogens is 315 g/mol. The number of carbonyl (C=O) groups excluding carboxylic acids is 1. The van der Waals surface area contributed by atoms with Gasteiger partial charge in [-0.2, -0.15) is 0 Å². The van der Waals surface area contributed by atoms with E-state index in [1.807, 2.05) is 0 Å². The highest BCUT2D eigenvalue weighted by Crippen LogP contribution is 2.33. The first kappa shape index (κ1) is 15.3. The fraction of sp³-hybridized carbons (Fsp3) is 0.0588. The van der Waals surface area contributed by atoms with E-state index in [2.05, 4.69) is 4.99 Å². The van der Waals surface area contributed by atoms with Crippen LogP contribution in [0.15, 0.2) is 58.4 Å². The summed E-state index contributed by atoms with van der Waals surface area (Å²) < 4.78 is 12.9. The number of likely N-dealkylation sites (N-methyl/N-ethyl adjacent to an activating group) is 1. The van der Waals surface area contributed by atoms with Crippen LogP contribution in [-0.2, 0) is 4.79 Å². The smallest absolute Gasteiger partial charge is 0.266 e. The minimum atomic E-state index is -0.332. The molecule has 116 valence electrons. The first-order valence-electron chi connectivity index (χ1n) is 6.84. The van der Waals surface area contributed by atoms with E-state index < -0.39 is 0 Å². The van der Waals surface area contributed by atoms with E-state index in [9.17, 15) is 14.3 Å². The minimum absolute atomic E-state index is 0.142. The molecule has 0 spiro atoms. The molecular formula is C17H13FN2O2S. The number of phenols is 1. The maximum atomic E-state index is 12.9. The normalized spacial score (nSPS) is 18.2. The second-order valence-electron chi connectivity index (χ2n) is 4.94. The number of amides is 1. The van der Waals surface area contributed by atoms with Gasteiger partial charge in [-0.15, -0.1) is 0 Å². The highest BCUT2D eigenvalue weighted by molar-refractivity contribution is 8.18. The number of carbonyl (C=O) groups is 1. The Morgan fingerprint density at radius 2 is 1.96 bits per heavy atom. The van der Waals surface area contributed by atoms with Gasteiger partial charge in [0.05, 0.1) is 10.6 Å². The predicted molar refractivity (Wildman–Crippen MR) is 89.9 cm³/mol. The average Bonchev–Trinajstić information content (AvgIpc) is 2.78. The lowest BCUT2D eigenvalue weighted by molar-refractivity contribution is -0.121. The van der Waals surface area contributed by atoms with Crippen molar-refractivity contribution in [2.45, 2.75) is 0 Å². The Morgan fingerprint density at radius 3 is 2.65 bits per heavy atom. The molecule has 3 rings (SSSR count). The number of halogens is 1. The van der Waals surface area contributed by atoms with Crippen LogP contribution in [0.2, 0.25) is 0 Å². The molecule has 2 aromatic rings. The van der Waals surface area contributed by atoms with Gasteiger partial charge in [-0.3, -0.25) is 9.69 Å². The van der Waals surface area contributed by atoms with Gasteiger partial charge < -0.3 is 5.11 Å². The van der Waals surface area contributed by atoms with E-state index in [1.165, 1.54) is 28.8 Å². The summed E-state index contributed by atoms with van der Waals surface area (Å²) in [6, 6.07) is 12.4. The number of aliphatic imine (C=N–C) groups is 1. The van der Waals surface area contributed by atoms with E-state index >= 15 is 0 Å². The molecule has 0 saturated carbocycles. The van der Waals surface area contributed by atoms with E-state index in [0.29, 0.717) is 15.8 Å². The van der Waals surface area contributed by atoms with Gasteiger partial charge >= 0.3 is 0 Å². The third-order valence-corrected chi connectivity index (χ3v) is 4.28. The number of phenolic OH excluding ortho intramolecular Hbond substituents is 1. The second-order valence-corrected chi connectivity index (χ2v) is 5.95. The molecule has 0 aromatic heterocycles. The van der Waals surface area contributed by atoms with Crippen molar-refractivity contribution < 1.29 is 14.3 Å². The van der Waals surface area contributed by atoms with E-state index in [4.69, 9.17) is 0 Å². The number of hydrogen-bond donors (Lipinski definition) is 1. The zero-order chi connectivity index (χ0) is 16.4. The monoisotopic (exact) mass is 328 g/mol. The van der Waals surface area contributed by atoms with Crippen LogP contribution < -0.4 is 0 Å². The maximum Gasteiger partial charge on any atom is 0.266 e. The van der Waals surface area contributed by atoms with Gasteiger partial charge in [0, 0.05) is 7.05 Å². The standard InChI is InChI=1S/C17H13FN2O2S/c1-20-16(22)15(10-11-3-2-4-14(21)9-11)23-17(20)19-13-7-5-12(18)6-8-13/h2-10,21H,1H3/b15-10+,19-17?. The molecule has 1 saturated heterocycles. The first-order valence-corrected chi connectivity index (χ1v) is 7.65. The van der Waals surface area contributed by atoms with E-state index in [1.54, 1.807) is 49.5 Å². The molecule has 1 aliphatic heterocycles. The number of amidine groups is 1. The van der Waals surface area contributed by atoms with Crippen LogP contribution in [0.5, 0.6) is 5.75 Å². The molecule has 2 aromatic carbocycles. The molecule has 1 amide bonds. The van der Waals surface area contributed by atoms with Crippen LogP contribution in [-0.4, -0.2) is 28.1 Å². The van der Waals surface area contributed by atoms with Crippen LogP contribution in [0.3, 0.4) is 0 Å². The Morgan fingerprint density at radius 1 is 1.22 bits per heavy atom. The third-order valence-electron chi connectivity index (χ3n) is 3.22. The van der Waals surface area contributed by atoms with Gasteiger partial charge in [0.2, 0.25) is 0 Å². The van der Waals surface area contributed by atoms with Crippen LogP contribution in [0.1, 0.15) is 5.56 Å². The third kappa shape index (κ3) is 3.43. The molecule has 6 heteroatoms. The highest BCUT2D eigenvalue weighted by Gasteiger charge is 2.30. The fourth-order valence-electron chi connectivity index (χ4n) is 2.04. The van der Waals surface area contributed by atoms with Crippen LogP contribution >= 0.6 is 11.8 Å². The van der Waals surface area contributed by atoms with Crippen molar-refractivity contribution >= 4 is 34.6 Å². The highest BCUT2D eigenvalue weighted by atomic mass is 32.2. The molecule has 1 heterocycles. The molecule has 0 aliphatic carbocycles. The predicted octanol–water partition coefficient (Wildman–Crippen LogP) is 3.77. The SMILES string of the molecule is CN1C(=O)/C(=C\c2cccc(O)c2)SC1=Nc1ccc(F)cc1. The maximum absolute atomic E-state index is 12.9. The summed E-state index contributed by atoms with van der Waals surface area (Å²) in [6.07, 6.45) is 1.70. The van der Waals surface area contributed by atoms with Crippen LogP contribution in [0.4, 0.5) is 10.1 Å². The average molecular weight is 328 g/mol. The number of rotatable bonds is 2. The van der Waals surface area contributed by atoms with Crippen LogP contribution in [0.25, 0.3) is 6.08 Å². The number of hydrogen-bond acceptors (Lipinski definition) is 4. The Balaban J connectivity index is 1.89. The van der Waals surface area contributed by atoms with E-state index in [-0.39, 0.29) is 17.5 Å². The van der Waals surface area contributed by atoms with Gasteiger partial charge in [-0.05, 0) is 59.8 Å². The molecule has 0 atom stereocenters. The largest absolute Gasteiger partial charge is 0.508 e. The van der Waals surface area contributed by atoms with Crippen molar-refractivity contribution in [3.8, 4) is 5.75 Å². The lowest BCUT2D eigenvalue weighted by atomic mass is 10.2. The summed E-state index contributed by atoms with van der Waals surface area (Å²) in [7, 11) is 1.64. The number of thioether (sulfide) groups is 1. The van der Waals surface area contributed by atoms with Crippen molar-refractivity contribution in [2.75, 3.05) is 7.05 Å². The summed E-state index contributed by atoms with van der Waals surface area (Å²) in [6.45, 7) is 0. The summed E-state index contributed by atoms with van der Waals surface area (Å²) in [5.41, 5.74) is 1.31. The molecule has 23 heavy (non-hydrogen) atoms. The zero-order valence-corrected chi connectivity index (χ0v) is 13.0. The molecule has 0 bridgehead atoms. The molecule has 4 nitrogen and oxygen atoms in total. The van der Waals surface area contributed by atoms with Gasteiger partial charge in [0.25, 0.3) is 5.91 Å². The minimum Gasteiger partial charge on any atom is -0.508 e. The first-order chi connectivity index (χ1) is 11.0. The summed E-state index contributed by atoms with van der Waals surface area (Å²) in [5, 5.41) is 10.0. The number of benzene rings is 2. The molecule has 1 N–H and O–H groups in total. The lowest BCUT2D eigenvalue weighted by Crippen LogP contribution is -2.23. The Labute approximate surface area is 137 Å². The topological polar surface area (TPSA) is 52.9 Å². The summed E-state index contributed by atoms with van der Waals surface area (Å²) in [5.74, 6) is -0.357. The lowest BCUT2D eigenvalue weighted by Gasteiger charge is -2.06. The summed E-state index contributed by atoms with van der Waals surface area (Å²) >= 11 is 1.24. The molecule has 0 radical (unpaired) electrons. The number of aromatic hydroxyl groups is 1. The van der Waals surface area contributed by atoms with Crippen molar-refractivity contribution in [3.05, 3.63) is 64.8 Å². The van der Waals surface area contributed by atoms with Crippen molar-refractivity contribution in [2.24, 2.45) is 4.99 Å². The van der Waals surface area contributed by atoms with Crippen molar-refractivity contribution in [3.63, 3.8) is 0 Å². The zero-order valence-electron chi connectivity index (χ0n) is 12.2. The van der Waals surface area contributed by atoms with Crippen molar-refractivity contribution in [1.29, 1.82) is 0 Å². The second kappa shape index (κ2) is 6.26. The Kier molecular flexibility index (Phi) is 4.16. The molecule has 0 unspecified atom stereocenters. The fourth-order valence-corrected chi connectivity index (χ4v) is 3.03. The molecule has 1 aliphatic rings. The van der Waals surface area contributed by atoms with Gasteiger partial charge in [0.1, 0.15) is 11.6 Å². The molecule has 1 fully saturated rings. The van der Waals surface area contributed by atoms with Gasteiger partial charge in [0.15, 0.2) is 5.17 Å². The van der Waals surface area contributed by atoms with Gasteiger partial charge in [-0.1, -0.05) is 12.1 Å². The van der Waals surface area contributed by atoms with Gasteiger partial charge in [-0.25, -0.2) is 9.38 Å². The van der Waals surface area contributed by atoms with E-state index in [0.717, 1.165) is 5.56 Å². The Hall–Kier alpha value is -2.60. The summed E-state index contributed by atoms with van der Waals surface area (Å²) in [4.78, 5) is 18.6. The Bertz CT molecular complexity index is 816. The number of nitrogens with zero attached hydrogens (tertiary/aromatic N) is 2. The van der Waals surface area contributed by atoms with Crippen LogP contribution in [0, 0.1) is 5.82 Å². The quantitative estimate of drug-likeness (QED) is 0.854.